The summed E-state index contributed by atoms with van der Waals surface area (Å²) in [4.78, 5) is 0. The number of hydrogen-bond acceptors (Lipinski definition) is 3. The molecule has 2 unspecified atom stereocenters. The van der Waals surface area contributed by atoms with Crippen LogP contribution in [0.15, 0.2) is 0 Å². The van der Waals surface area contributed by atoms with Crippen LogP contribution in [0.25, 0.3) is 0 Å². The van der Waals surface area contributed by atoms with Gasteiger partial charge >= 0.3 is 0 Å². The van der Waals surface area contributed by atoms with Crippen molar-refractivity contribution in [1.82, 2.24) is 0 Å². The summed E-state index contributed by atoms with van der Waals surface area (Å²) in [6.07, 6.45) is 5.04. The van der Waals surface area contributed by atoms with Crippen molar-refractivity contribution in [3.63, 3.8) is 0 Å². The highest BCUT2D eigenvalue weighted by molar-refractivity contribution is 4.74. The Kier molecular flexibility index (Phi) is 6.15. The Morgan fingerprint density at radius 3 is 2.64 bits per heavy atom. The maximum Gasteiger partial charge on any atom is 0.0835 e. The Balaban J connectivity index is 1.99. The molecule has 0 bridgehead atoms. The van der Waals surface area contributed by atoms with Crippen LogP contribution in [0.3, 0.4) is 0 Å². The highest BCUT2D eigenvalue weighted by Crippen LogP contribution is 2.20. The summed E-state index contributed by atoms with van der Waals surface area (Å²) in [5.74, 6) is 0. The molecule has 0 aromatic rings. The Morgan fingerprint density at radius 1 is 1.14 bits per heavy atom. The lowest BCUT2D eigenvalue weighted by atomic mass is 9.95. The molecule has 0 aliphatic heterocycles. The van der Waals surface area contributed by atoms with Crippen LogP contribution in [-0.2, 0) is 9.47 Å². The molecule has 1 aliphatic carbocycles. The molecular weight excluding hydrogens is 180 g/mol. The first-order valence-electron chi connectivity index (χ1n) is 5.72. The van der Waals surface area contributed by atoms with E-state index in [9.17, 15) is 5.11 Å². The first kappa shape index (κ1) is 12.0. The number of aliphatic hydroxyl groups is 1. The molecular formula is C11H22O3. The third kappa shape index (κ3) is 4.40. The van der Waals surface area contributed by atoms with Crippen molar-refractivity contribution in [2.75, 3.05) is 19.8 Å². The Labute approximate surface area is 86.4 Å². The second kappa shape index (κ2) is 7.21. The molecule has 0 heterocycles. The molecule has 0 amide bonds. The lowest BCUT2D eigenvalue weighted by Gasteiger charge is -2.27. The van der Waals surface area contributed by atoms with E-state index in [4.69, 9.17) is 9.47 Å². The molecule has 3 nitrogen and oxygen atoms in total. The van der Waals surface area contributed by atoms with Crippen molar-refractivity contribution in [1.29, 1.82) is 0 Å². The van der Waals surface area contributed by atoms with Gasteiger partial charge in [0.1, 0.15) is 0 Å². The van der Waals surface area contributed by atoms with Gasteiger partial charge in [-0.05, 0) is 19.3 Å². The average Bonchev–Trinajstić information content (AvgIpc) is 2.20. The van der Waals surface area contributed by atoms with Crippen LogP contribution in [0.4, 0.5) is 0 Å². The molecule has 3 heteroatoms. The van der Waals surface area contributed by atoms with E-state index in [-0.39, 0.29) is 12.2 Å². The van der Waals surface area contributed by atoms with Crippen molar-refractivity contribution in [3.05, 3.63) is 0 Å². The van der Waals surface area contributed by atoms with Crippen LogP contribution in [0, 0.1) is 0 Å². The zero-order chi connectivity index (χ0) is 10.2. The Bertz CT molecular complexity index is 138. The quantitative estimate of drug-likeness (QED) is 0.667. The number of aliphatic hydroxyl groups excluding tert-OH is 1. The van der Waals surface area contributed by atoms with Gasteiger partial charge in [0, 0.05) is 6.61 Å². The standard InChI is InChI=1S/C11H22O3/c1-2-7-13-8-9-14-11-6-4-3-5-10(11)12/h10-12H,2-9H2,1H3. The predicted molar refractivity (Wildman–Crippen MR) is 55.3 cm³/mol. The minimum absolute atomic E-state index is 0.0500. The number of ether oxygens (including phenoxy) is 2. The van der Waals surface area contributed by atoms with Crippen molar-refractivity contribution >= 4 is 0 Å². The molecule has 14 heavy (non-hydrogen) atoms. The summed E-state index contributed by atoms with van der Waals surface area (Å²) in [6.45, 7) is 4.15. The maximum absolute atomic E-state index is 9.61. The molecule has 0 aromatic heterocycles. The summed E-state index contributed by atoms with van der Waals surface area (Å²) in [5.41, 5.74) is 0. The van der Waals surface area contributed by atoms with Gasteiger partial charge in [0.15, 0.2) is 0 Å². The third-order valence-corrected chi connectivity index (χ3v) is 2.58. The molecule has 1 aliphatic rings. The van der Waals surface area contributed by atoms with Gasteiger partial charge in [-0.1, -0.05) is 19.8 Å². The normalized spacial score (nSPS) is 27.9. The summed E-state index contributed by atoms with van der Waals surface area (Å²) in [6, 6.07) is 0. The lowest BCUT2D eigenvalue weighted by Crippen LogP contribution is -2.33. The van der Waals surface area contributed by atoms with Crippen LogP contribution < -0.4 is 0 Å². The zero-order valence-electron chi connectivity index (χ0n) is 9.08. The molecule has 0 aromatic carbocycles. The summed E-state index contributed by atoms with van der Waals surface area (Å²) in [5, 5.41) is 9.61. The average molecular weight is 202 g/mol. The second-order valence-corrected chi connectivity index (χ2v) is 3.87. The van der Waals surface area contributed by atoms with Crippen LogP contribution in [-0.4, -0.2) is 37.1 Å². The van der Waals surface area contributed by atoms with E-state index in [0.29, 0.717) is 13.2 Å². The summed E-state index contributed by atoms with van der Waals surface area (Å²) < 4.78 is 10.9. The molecule has 1 rings (SSSR count). The first-order chi connectivity index (χ1) is 6.84. The largest absolute Gasteiger partial charge is 0.390 e. The molecule has 1 fully saturated rings. The van der Waals surface area contributed by atoms with Gasteiger partial charge in [-0.15, -0.1) is 0 Å². The van der Waals surface area contributed by atoms with E-state index in [1.165, 1.54) is 6.42 Å². The topological polar surface area (TPSA) is 38.7 Å². The van der Waals surface area contributed by atoms with E-state index in [1.54, 1.807) is 0 Å². The second-order valence-electron chi connectivity index (χ2n) is 3.87. The van der Waals surface area contributed by atoms with Gasteiger partial charge in [0.05, 0.1) is 25.4 Å². The fourth-order valence-electron chi connectivity index (χ4n) is 1.78. The van der Waals surface area contributed by atoms with Crippen LogP contribution >= 0.6 is 0 Å². The van der Waals surface area contributed by atoms with Crippen molar-refractivity contribution in [2.24, 2.45) is 0 Å². The first-order valence-corrected chi connectivity index (χ1v) is 5.72. The molecule has 0 radical (unpaired) electrons. The Morgan fingerprint density at radius 2 is 1.93 bits per heavy atom. The van der Waals surface area contributed by atoms with Crippen molar-refractivity contribution in [2.45, 2.75) is 51.2 Å². The number of rotatable bonds is 6. The fraction of sp³-hybridized carbons (Fsp3) is 1.00. The van der Waals surface area contributed by atoms with Crippen LogP contribution in [0.2, 0.25) is 0 Å². The fourth-order valence-corrected chi connectivity index (χ4v) is 1.78. The van der Waals surface area contributed by atoms with E-state index in [0.717, 1.165) is 32.3 Å². The number of hydrogen-bond donors (Lipinski definition) is 1. The minimum Gasteiger partial charge on any atom is -0.390 e. The van der Waals surface area contributed by atoms with E-state index in [1.807, 2.05) is 0 Å². The van der Waals surface area contributed by atoms with Crippen molar-refractivity contribution in [3.8, 4) is 0 Å². The Hall–Kier alpha value is -0.120. The molecule has 2 atom stereocenters. The van der Waals surface area contributed by atoms with E-state index >= 15 is 0 Å². The van der Waals surface area contributed by atoms with Gasteiger partial charge in [-0.2, -0.15) is 0 Å². The highest BCUT2D eigenvalue weighted by atomic mass is 16.5. The van der Waals surface area contributed by atoms with Crippen LogP contribution in [0.1, 0.15) is 39.0 Å². The smallest absolute Gasteiger partial charge is 0.0835 e. The third-order valence-electron chi connectivity index (χ3n) is 2.58. The van der Waals surface area contributed by atoms with Crippen LogP contribution in [0.5, 0.6) is 0 Å². The van der Waals surface area contributed by atoms with E-state index < -0.39 is 0 Å². The molecule has 84 valence electrons. The lowest BCUT2D eigenvalue weighted by molar-refractivity contribution is -0.0733. The molecule has 0 spiro atoms. The molecule has 1 N–H and O–H groups in total. The summed E-state index contributed by atoms with van der Waals surface area (Å²) in [7, 11) is 0. The minimum atomic E-state index is -0.255. The van der Waals surface area contributed by atoms with Gasteiger partial charge in [0.2, 0.25) is 0 Å². The predicted octanol–water partition coefficient (Wildman–Crippen LogP) is 1.73. The molecule has 0 saturated heterocycles. The monoisotopic (exact) mass is 202 g/mol. The summed E-state index contributed by atoms with van der Waals surface area (Å²) >= 11 is 0. The SMILES string of the molecule is CCCOCCOC1CCCCC1O. The van der Waals surface area contributed by atoms with Gasteiger partial charge < -0.3 is 14.6 Å². The molecule has 1 saturated carbocycles. The maximum atomic E-state index is 9.61. The van der Waals surface area contributed by atoms with Gasteiger partial charge in [-0.25, -0.2) is 0 Å². The van der Waals surface area contributed by atoms with Gasteiger partial charge in [-0.3, -0.25) is 0 Å². The van der Waals surface area contributed by atoms with Crippen molar-refractivity contribution < 1.29 is 14.6 Å². The van der Waals surface area contributed by atoms with E-state index in [2.05, 4.69) is 6.92 Å². The van der Waals surface area contributed by atoms with Gasteiger partial charge in [0.25, 0.3) is 0 Å². The highest BCUT2D eigenvalue weighted by Gasteiger charge is 2.23. The zero-order valence-corrected chi connectivity index (χ0v) is 9.08.